The van der Waals surface area contributed by atoms with E-state index in [1.165, 1.54) is 0 Å². The second kappa shape index (κ2) is 4.49. The van der Waals surface area contributed by atoms with Crippen LogP contribution < -0.4 is 0 Å². The number of benzene rings is 1. The summed E-state index contributed by atoms with van der Waals surface area (Å²) in [6, 6.07) is 12.0. The largest absolute Gasteiger partial charge is 0.444 e. The maximum atomic E-state index is 12.3. The van der Waals surface area contributed by atoms with Gasteiger partial charge in [-0.2, -0.15) is 5.26 Å². The normalized spacial score (nSPS) is 30.5. The highest BCUT2D eigenvalue weighted by Gasteiger charge is 2.68. The first-order valence-corrected chi connectivity index (χ1v) is 7.33. The van der Waals surface area contributed by atoms with E-state index >= 15 is 0 Å². The third-order valence-electron chi connectivity index (χ3n) is 4.43. The van der Waals surface area contributed by atoms with Crippen LogP contribution in [0.5, 0.6) is 0 Å². The van der Waals surface area contributed by atoms with Gasteiger partial charge in [-0.15, -0.1) is 0 Å². The van der Waals surface area contributed by atoms with Crippen molar-refractivity contribution in [2.45, 2.75) is 44.2 Å². The van der Waals surface area contributed by atoms with Crippen molar-refractivity contribution < 1.29 is 9.53 Å². The minimum atomic E-state index is -0.538. The van der Waals surface area contributed by atoms with Crippen LogP contribution in [0.15, 0.2) is 30.3 Å². The minimum absolute atomic E-state index is 0.188. The maximum Gasteiger partial charge on any atom is 0.411 e. The lowest BCUT2D eigenvalue weighted by Crippen LogP contribution is -2.44. The quantitative estimate of drug-likeness (QED) is 0.796. The summed E-state index contributed by atoms with van der Waals surface area (Å²) in [5, 5.41) is 9.61. The van der Waals surface area contributed by atoms with Gasteiger partial charge in [0.05, 0.1) is 6.07 Å². The van der Waals surface area contributed by atoms with Gasteiger partial charge in [-0.05, 0) is 38.7 Å². The molecular formula is C17H20N2O2. The van der Waals surface area contributed by atoms with Gasteiger partial charge in [-0.3, -0.25) is 4.90 Å². The van der Waals surface area contributed by atoms with Gasteiger partial charge < -0.3 is 4.74 Å². The predicted octanol–water partition coefficient (Wildman–Crippen LogP) is 3.09. The van der Waals surface area contributed by atoms with Crippen molar-refractivity contribution in [1.82, 2.24) is 4.90 Å². The van der Waals surface area contributed by atoms with E-state index in [0.29, 0.717) is 12.5 Å². The molecule has 4 heteroatoms. The van der Waals surface area contributed by atoms with Crippen LogP contribution >= 0.6 is 0 Å². The van der Waals surface area contributed by atoms with Gasteiger partial charge in [0.2, 0.25) is 0 Å². The Hall–Kier alpha value is -2.02. The highest BCUT2D eigenvalue weighted by atomic mass is 16.6. The summed E-state index contributed by atoms with van der Waals surface area (Å²) in [4.78, 5) is 13.9. The van der Waals surface area contributed by atoms with Crippen LogP contribution in [0, 0.1) is 17.2 Å². The highest BCUT2D eigenvalue weighted by Crippen LogP contribution is 2.62. The molecule has 1 amide bonds. The Morgan fingerprint density at radius 3 is 2.62 bits per heavy atom. The second-order valence-electron chi connectivity index (χ2n) is 6.97. The monoisotopic (exact) mass is 284 g/mol. The van der Waals surface area contributed by atoms with E-state index in [1.807, 2.05) is 39.0 Å². The lowest BCUT2D eigenvalue weighted by molar-refractivity contribution is 0.0226. The SMILES string of the molecule is CC(C)(C)OC(=O)N1CC2CC2(c2ccccc2)C1C#N. The van der Waals surface area contributed by atoms with Crippen molar-refractivity contribution in [3.05, 3.63) is 35.9 Å². The van der Waals surface area contributed by atoms with Gasteiger partial charge in [0, 0.05) is 12.0 Å². The molecule has 110 valence electrons. The van der Waals surface area contributed by atoms with Crippen LogP contribution in [0.3, 0.4) is 0 Å². The van der Waals surface area contributed by atoms with E-state index in [2.05, 4.69) is 18.2 Å². The molecule has 0 aromatic heterocycles. The summed E-state index contributed by atoms with van der Waals surface area (Å²) in [5.41, 5.74) is 0.434. The molecule has 1 saturated heterocycles. The number of rotatable bonds is 1. The first-order chi connectivity index (χ1) is 9.88. The van der Waals surface area contributed by atoms with Gasteiger partial charge in [0.25, 0.3) is 0 Å². The van der Waals surface area contributed by atoms with E-state index in [9.17, 15) is 10.1 Å². The topological polar surface area (TPSA) is 53.3 Å². The van der Waals surface area contributed by atoms with Gasteiger partial charge in [0.15, 0.2) is 0 Å². The molecule has 0 spiro atoms. The number of nitrogens with zero attached hydrogens (tertiary/aromatic N) is 2. The summed E-state index contributed by atoms with van der Waals surface area (Å²) >= 11 is 0. The van der Waals surface area contributed by atoms with E-state index in [4.69, 9.17) is 4.74 Å². The second-order valence-corrected chi connectivity index (χ2v) is 6.97. The van der Waals surface area contributed by atoms with Crippen molar-refractivity contribution in [3.63, 3.8) is 0 Å². The number of carbonyl (C=O) groups excluding carboxylic acids is 1. The Balaban J connectivity index is 1.86. The molecule has 21 heavy (non-hydrogen) atoms. The first-order valence-electron chi connectivity index (χ1n) is 7.33. The molecule has 3 unspecified atom stereocenters. The van der Waals surface area contributed by atoms with Gasteiger partial charge in [-0.1, -0.05) is 30.3 Å². The molecule has 3 rings (SSSR count). The fourth-order valence-electron chi connectivity index (χ4n) is 3.48. The molecule has 3 atom stereocenters. The van der Waals surface area contributed by atoms with Crippen LogP contribution in [0.2, 0.25) is 0 Å². The number of piperidine rings is 1. The van der Waals surface area contributed by atoms with Crippen molar-refractivity contribution >= 4 is 6.09 Å². The number of carbonyl (C=O) groups is 1. The standard InChI is InChI=1S/C17H20N2O2/c1-16(2,3)21-15(20)19-11-13-9-17(13,14(19)10-18)12-7-5-4-6-8-12/h4-8,13-14H,9,11H2,1-3H3. The van der Waals surface area contributed by atoms with Crippen LogP contribution in [0.25, 0.3) is 0 Å². The summed E-state index contributed by atoms with van der Waals surface area (Å²) in [5.74, 6) is 0.372. The number of hydrogen-bond donors (Lipinski definition) is 0. The molecule has 1 saturated carbocycles. The van der Waals surface area contributed by atoms with Crippen molar-refractivity contribution in [2.24, 2.45) is 5.92 Å². The zero-order chi connectivity index (χ0) is 15.3. The van der Waals surface area contributed by atoms with Crippen LogP contribution in [0.1, 0.15) is 32.8 Å². The predicted molar refractivity (Wildman–Crippen MR) is 78.6 cm³/mol. The van der Waals surface area contributed by atoms with E-state index in [-0.39, 0.29) is 11.5 Å². The Labute approximate surface area is 125 Å². The average molecular weight is 284 g/mol. The van der Waals surface area contributed by atoms with Crippen molar-refractivity contribution in [2.75, 3.05) is 6.54 Å². The zero-order valence-corrected chi connectivity index (χ0v) is 12.7. The number of nitriles is 1. The Morgan fingerprint density at radius 2 is 2.05 bits per heavy atom. The minimum Gasteiger partial charge on any atom is -0.444 e. The molecule has 1 aromatic carbocycles. The summed E-state index contributed by atoms with van der Waals surface area (Å²) < 4.78 is 5.44. The lowest BCUT2D eigenvalue weighted by Gasteiger charge is -2.30. The van der Waals surface area contributed by atoms with Gasteiger partial charge in [0.1, 0.15) is 11.6 Å². The fourth-order valence-corrected chi connectivity index (χ4v) is 3.48. The molecule has 2 fully saturated rings. The van der Waals surface area contributed by atoms with E-state index in [0.717, 1.165) is 12.0 Å². The number of likely N-dealkylation sites (tertiary alicyclic amines) is 1. The molecule has 0 radical (unpaired) electrons. The smallest absolute Gasteiger partial charge is 0.411 e. The molecule has 1 heterocycles. The summed E-state index contributed by atoms with van der Waals surface area (Å²) in [6.07, 6.45) is 0.603. The molecule has 0 bridgehead atoms. The fraction of sp³-hybridized carbons (Fsp3) is 0.529. The highest BCUT2D eigenvalue weighted by molar-refractivity contribution is 5.71. The van der Waals surface area contributed by atoms with Crippen LogP contribution in [-0.4, -0.2) is 29.2 Å². The number of amides is 1. The first kappa shape index (κ1) is 13.9. The molecule has 0 N–H and O–H groups in total. The Kier molecular flexibility index (Phi) is 2.98. The Morgan fingerprint density at radius 1 is 1.38 bits per heavy atom. The summed E-state index contributed by atoms with van der Waals surface area (Å²) in [7, 11) is 0. The number of hydrogen-bond acceptors (Lipinski definition) is 3. The third-order valence-corrected chi connectivity index (χ3v) is 4.43. The molecule has 1 aromatic rings. The van der Waals surface area contributed by atoms with Gasteiger partial charge in [-0.25, -0.2) is 4.79 Å². The maximum absolute atomic E-state index is 12.3. The molecule has 2 aliphatic rings. The van der Waals surface area contributed by atoms with Crippen molar-refractivity contribution in [3.8, 4) is 6.07 Å². The molecule has 1 aliphatic carbocycles. The van der Waals surface area contributed by atoms with E-state index in [1.54, 1.807) is 4.90 Å². The van der Waals surface area contributed by atoms with Crippen LogP contribution in [0.4, 0.5) is 4.79 Å². The van der Waals surface area contributed by atoms with Crippen LogP contribution in [-0.2, 0) is 10.2 Å². The number of fused-ring (bicyclic) bond motifs is 1. The molecule has 1 aliphatic heterocycles. The lowest BCUT2D eigenvalue weighted by atomic mass is 9.88. The summed E-state index contributed by atoms with van der Waals surface area (Å²) in [6.45, 7) is 6.14. The van der Waals surface area contributed by atoms with Crippen molar-refractivity contribution in [1.29, 1.82) is 5.26 Å². The van der Waals surface area contributed by atoms with E-state index < -0.39 is 11.6 Å². The average Bonchev–Trinajstić information content (AvgIpc) is 3.05. The third kappa shape index (κ3) is 2.17. The zero-order valence-electron chi connectivity index (χ0n) is 12.7. The molecular weight excluding hydrogens is 264 g/mol. The van der Waals surface area contributed by atoms with Gasteiger partial charge >= 0.3 is 6.09 Å². The number of ether oxygens (including phenoxy) is 1. The Bertz CT molecular complexity index is 599. The molecule has 4 nitrogen and oxygen atoms in total.